The van der Waals surface area contributed by atoms with Crippen LogP contribution in [0, 0.1) is 11.3 Å². The zero-order chi connectivity index (χ0) is 20.4. The molecule has 3 aromatic heterocycles. The molecule has 8 heteroatoms. The molecule has 142 valence electrons. The number of nitrogens with zero attached hydrogens (tertiary/aromatic N) is 5. The highest BCUT2D eigenvalue weighted by molar-refractivity contribution is 6.31. The van der Waals surface area contributed by atoms with Gasteiger partial charge in [-0.05, 0) is 31.2 Å². The van der Waals surface area contributed by atoms with Crippen LogP contribution < -0.4 is 11.1 Å². The van der Waals surface area contributed by atoms with E-state index in [0.29, 0.717) is 10.8 Å². The third kappa shape index (κ3) is 3.53. The van der Waals surface area contributed by atoms with Gasteiger partial charge in [-0.3, -0.25) is 9.97 Å². The van der Waals surface area contributed by atoms with E-state index < -0.39 is 0 Å². The van der Waals surface area contributed by atoms with Crippen molar-refractivity contribution in [3.8, 4) is 17.3 Å². The number of nitrogen functional groups attached to an aromatic ring is 1. The Kier molecular flexibility index (Phi) is 4.94. The number of aromatic nitrogens is 4. The Morgan fingerprint density at radius 2 is 2.00 bits per heavy atom. The van der Waals surface area contributed by atoms with Gasteiger partial charge < -0.3 is 11.1 Å². The highest BCUT2D eigenvalue weighted by atomic mass is 35.5. The van der Waals surface area contributed by atoms with Crippen molar-refractivity contribution in [3.63, 3.8) is 0 Å². The number of anilines is 2. The zero-order valence-electron chi connectivity index (χ0n) is 15.5. The van der Waals surface area contributed by atoms with Crippen LogP contribution in [0.2, 0.25) is 5.02 Å². The number of hydrogen-bond acceptors (Lipinski definition) is 7. The number of halogens is 1. The average Bonchev–Trinajstić information content (AvgIpc) is 2.73. The molecule has 1 aromatic carbocycles. The molecule has 0 spiro atoms. The molecule has 0 aliphatic heterocycles. The third-order valence-corrected chi connectivity index (χ3v) is 4.82. The lowest BCUT2D eigenvalue weighted by Gasteiger charge is -2.20. The van der Waals surface area contributed by atoms with Gasteiger partial charge in [-0.1, -0.05) is 23.7 Å². The van der Waals surface area contributed by atoms with Crippen LogP contribution in [0.4, 0.5) is 11.6 Å². The lowest BCUT2D eigenvalue weighted by atomic mass is 9.96. The maximum absolute atomic E-state index is 9.40. The summed E-state index contributed by atoms with van der Waals surface area (Å²) >= 11 is 6.15. The number of nitrogens with two attached hydrogens (primary N) is 1. The van der Waals surface area contributed by atoms with Gasteiger partial charge in [0.05, 0.1) is 17.3 Å². The molecule has 1 unspecified atom stereocenters. The van der Waals surface area contributed by atoms with Crippen molar-refractivity contribution >= 4 is 34.1 Å². The molecule has 4 rings (SSSR count). The second-order valence-corrected chi connectivity index (χ2v) is 6.86. The van der Waals surface area contributed by atoms with Crippen molar-refractivity contribution in [2.75, 3.05) is 11.1 Å². The van der Waals surface area contributed by atoms with Crippen LogP contribution in [0.25, 0.3) is 22.2 Å². The van der Waals surface area contributed by atoms with E-state index in [0.717, 1.165) is 27.7 Å². The monoisotopic (exact) mass is 401 g/mol. The van der Waals surface area contributed by atoms with E-state index in [1.54, 1.807) is 12.4 Å². The van der Waals surface area contributed by atoms with Crippen molar-refractivity contribution in [2.24, 2.45) is 0 Å². The van der Waals surface area contributed by atoms with Gasteiger partial charge >= 0.3 is 0 Å². The van der Waals surface area contributed by atoms with E-state index in [4.69, 9.17) is 17.3 Å². The van der Waals surface area contributed by atoms with Crippen molar-refractivity contribution < 1.29 is 0 Å². The van der Waals surface area contributed by atoms with E-state index in [1.165, 1.54) is 6.33 Å². The van der Waals surface area contributed by atoms with Crippen LogP contribution in [-0.4, -0.2) is 19.9 Å². The van der Waals surface area contributed by atoms with Gasteiger partial charge in [-0.25, -0.2) is 9.97 Å². The fraction of sp³-hybridized carbons (Fsp3) is 0.0952. The average molecular weight is 402 g/mol. The van der Waals surface area contributed by atoms with Gasteiger partial charge in [-0.15, -0.1) is 0 Å². The standard InChI is InChI=1S/C21H16ClN7/c1-12(29-21-15(9-23)20(24)27-11-28-21)16-10-26-18-8-13(22)5-6-14(18)19(16)17-4-2-3-7-25-17/h2-8,10-12H,1H3,(H3,24,27,28,29). The molecule has 0 fully saturated rings. The molecule has 4 aromatic rings. The van der Waals surface area contributed by atoms with Crippen LogP contribution in [0.5, 0.6) is 0 Å². The fourth-order valence-corrected chi connectivity index (χ4v) is 3.38. The van der Waals surface area contributed by atoms with Crippen LogP contribution >= 0.6 is 11.6 Å². The number of rotatable bonds is 4. The minimum Gasteiger partial charge on any atom is -0.382 e. The van der Waals surface area contributed by atoms with Crippen LogP contribution in [0.3, 0.4) is 0 Å². The molecular weight excluding hydrogens is 386 g/mol. The van der Waals surface area contributed by atoms with Crippen LogP contribution in [-0.2, 0) is 0 Å². The SMILES string of the molecule is CC(Nc1ncnc(N)c1C#N)c1cnc2cc(Cl)ccc2c1-c1ccccn1. The summed E-state index contributed by atoms with van der Waals surface area (Å²) in [6.07, 6.45) is 4.86. The lowest BCUT2D eigenvalue weighted by molar-refractivity contribution is 0.867. The number of benzene rings is 1. The Hall–Kier alpha value is -3.76. The molecule has 3 N–H and O–H groups in total. The maximum atomic E-state index is 9.40. The first-order chi connectivity index (χ1) is 14.1. The summed E-state index contributed by atoms with van der Waals surface area (Å²) in [6, 6.07) is 13.2. The summed E-state index contributed by atoms with van der Waals surface area (Å²) in [5.74, 6) is 0.504. The Morgan fingerprint density at radius 1 is 1.14 bits per heavy atom. The Morgan fingerprint density at radius 3 is 2.76 bits per heavy atom. The summed E-state index contributed by atoms with van der Waals surface area (Å²) in [7, 11) is 0. The highest BCUT2D eigenvalue weighted by Crippen LogP contribution is 2.35. The van der Waals surface area contributed by atoms with E-state index in [9.17, 15) is 5.26 Å². The first kappa shape index (κ1) is 18.6. The number of fused-ring (bicyclic) bond motifs is 1. The highest BCUT2D eigenvalue weighted by Gasteiger charge is 2.19. The largest absolute Gasteiger partial charge is 0.382 e. The van der Waals surface area contributed by atoms with Crippen molar-refractivity contribution in [3.05, 3.63) is 71.3 Å². The number of nitriles is 1. The molecule has 0 radical (unpaired) electrons. The first-order valence-corrected chi connectivity index (χ1v) is 9.23. The molecule has 7 nitrogen and oxygen atoms in total. The van der Waals surface area contributed by atoms with E-state index in [-0.39, 0.29) is 17.4 Å². The number of hydrogen-bond donors (Lipinski definition) is 2. The number of pyridine rings is 2. The first-order valence-electron chi connectivity index (χ1n) is 8.85. The van der Waals surface area contributed by atoms with Gasteiger partial charge in [0, 0.05) is 33.9 Å². The summed E-state index contributed by atoms with van der Waals surface area (Å²) in [4.78, 5) is 17.2. The summed E-state index contributed by atoms with van der Waals surface area (Å²) < 4.78 is 0. The lowest BCUT2D eigenvalue weighted by Crippen LogP contribution is -2.13. The second-order valence-electron chi connectivity index (χ2n) is 6.43. The molecule has 0 saturated heterocycles. The van der Waals surface area contributed by atoms with E-state index >= 15 is 0 Å². The molecule has 0 saturated carbocycles. The molecule has 0 aliphatic carbocycles. The molecule has 0 aliphatic rings. The quantitative estimate of drug-likeness (QED) is 0.522. The third-order valence-electron chi connectivity index (χ3n) is 4.59. The smallest absolute Gasteiger partial charge is 0.150 e. The van der Waals surface area contributed by atoms with Crippen molar-refractivity contribution in [2.45, 2.75) is 13.0 Å². The van der Waals surface area contributed by atoms with Crippen molar-refractivity contribution in [1.82, 2.24) is 19.9 Å². The molecule has 29 heavy (non-hydrogen) atoms. The predicted molar refractivity (Wildman–Crippen MR) is 113 cm³/mol. The van der Waals surface area contributed by atoms with Gasteiger partial charge in [0.25, 0.3) is 0 Å². The molecule has 1 atom stereocenters. The van der Waals surface area contributed by atoms with Gasteiger partial charge in [0.15, 0.2) is 0 Å². The molecule has 0 amide bonds. The van der Waals surface area contributed by atoms with Gasteiger partial charge in [0.2, 0.25) is 0 Å². The van der Waals surface area contributed by atoms with E-state index in [2.05, 4.69) is 25.3 Å². The Bertz CT molecular complexity index is 1240. The fourth-order valence-electron chi connectivity index (χ4n) is 3.21. The summed E-state index contributed by atoms with van der Waals surface area (Å²) in [5, 5.41) is 14.2. The topological polar surface area (TPSA) is 113 Å². The second kappa shape index (κ2) is 7.70. The summed E-state index contributed by atoms with van der Waals surface area (Å²) in [5.41, 5.74) is 9.44. The molecule has 0 bridgehead atoms. The van der Waals surface area contributed by atoms with Crippen LogP contribution in [0.15, 0.2) is 55.1 Å². The van der Waals surface area contributed by atoms with Crippen LogP contribution in [0.1, 0.15) is 24.1 Å². The minimum absolute atomic E-state index is 0.133. The normalized spacial score (nSPS) is 11.8. The molecular formula is C21H16ClN7. The Balaban J connectivity index is 1.87. The number of nitrogens with one attached hydrogen (secondary N) is 1. The van der Waals surface area contributed by atoms with E-state index in [1.807, 2.05) is 49.4 Å². The zero-order valence-corrected chi connectivity index (χ0v) is 16.2. The Labute approximate surface area is 172 Å². The van der Waals surface area contributed by atoms with Gasteiger partial charge in [0.1, 0.15) is 29.6 Å². The maximum Gasteiger partial charge on any atom is 0.150 e. The van der Waals surface area contributed by atoms with Crippen molar-refractivity contribution in [1.29, 1.82) is 5.26 Å². The predicted octanol–water partition coefficient (Wildman–Crippen LogP) is 4.37. The minimum atomic E-state index is -0.235. The molecule has 3 heterocycles. The summed E-state index contributed by atoms with van der Waals surface area (Å²) in [6.45, 7) is 1.96. The van der Waals surface area contributed by atoms with Gasteiger partial charge in [-0.2, -0.15) is 5.26 Å².